The lowest BCUT2D eigenvalue weighted by Crippen LogP contribution is -2.40. The van der Waals surface area contributed by atoms with Gasteiger partial charge in [0.1, 0.15) is 0 Å². The van der Waals surface area contributed by atoms with Gasteiger partial charge in [-0.3, -0.25) is 4.79 Å². The van der Waals surface area contributed by atoms with E-state index in [1.54, 1.807) is 32.9 Å². The molecule has 0 saturated carbocycles. The highest BCUT2D eigenvalue weighted by molar-refractivity contribution is 7.89. The van der Waals surface area contributed by atoms with E-state index in [0.29, 0.717) is 29.6 Å². The summed E-state index contributed by atoms with van der Waals surface area (Å²) < 4.78 is 28.8. The summed E-state index contributed by atoms with van der Waals surface area (Å²) in [4.78, 5) is 15.4. The van der Waals surface area contributed by atoms with E-state index in [-0.39, 0.29) is 10.8 Å². The number of nitrogens with one attached hydrogen (secondary N) is 3. The number of allylic oxidation sites excluding steroid dienone is 2. The molecule has 184 valence electrons. The van der Waals surface area contributed by atoms with Gasteiger partial charge in [-0.25, -0.2) is 13.1 Å². The largest absolute Gasteiger partial charge is 0.385 e. The molecule has 2 atom stereocenters. The topological polar surface area (TPSA) is 90.5 Å². The number of anilines is 1. The van der Waals surface area contributed by atoms with Crippen LogP contribution in [0.3, 0.4) is 0 Å². The lowest BCUT2D eigenvalue weighted by molar-refractivity contribution is 0.0936. The Morgan fingerprint density at radius 1 is 1.09 bits per heavy atom. The van der Waals surface area contributed by atoms with Crippen molar-refractivity contribution < 1.29 is 13.2 Å². The number of amides is 1. The molecule has 0 spiro atoms. The molecule has 3 N–H and O–H groups in total. The second kappa shape index (κ2) is 11.0. The monoisotopic (exact) mass is 476 g/mol. The molecule has 0 unspecified atom stereocenters. The average Bonchev–Trinajstić information content (AvgIpc) is 2.75. The van der Waals surface area contributed by atoms with Crippen LogP contribution in [0.4, 0.5) is 5.69 Å². The van der Waals surface area contributed by atoms with E-state index in [1.807, 2.05) is 0 Å². The molecule has 1 fully saturated rings. The number of likely N-dealkylation sites (tertiary alicyclic amines) is 1. The second-order valence-corrected chi connectivity index (χ2v) is 12.3. The summed E-state index contributed by atoms with van der Waals surface area (Å²) in [5.41, 5.74) is 0.400. The summed E-state index contributed by atoms with van der Waals surface area (Å²) in [6, 6.07) is 4.86. The first-order chi connectivity index (χ1) is 15.5. The predicted molar refractivity (Wildman–Crippen MR) is 134 cm³/mol. The van der Waals surface area contributed by atoms with Crippen molar-refractivity contribution in [1.82, 2.24) is 14.9 Å². The Morgan fingerprint density at radius 2 is 1.88 bits per heavy atom. The zero-order chi connectivity index (χ0) is 24.1. The number of piperidine rings is 1. The van der Waals surface area contributed by atoms with Crippen LogP contribution in [0.15, 0.2) is 35.2 Å². The minimum Gasteiger partial charge on any atom is -0.385 e. The molecule has 1 heterocycles. The van der Waals surface area contributed by atoms with Crippen molar-refractivity contribution in [2.45, 2.75) is 63.3 Å². The third-order valence-electron chi connectivity index (χ3n) is 6.17. The van der Waals surface area contributed by atoms with E-state index >= 15 is 0 Å². The van der Waals surface area contributed by atoms with Crippen molar-refractivity contribution in [2.24, 2.45) is 11.8 Å². The van der Waals surface area contributed by atoms with Crippen LogP contribution in [0, 0.1) is 11.8 Å². The molecule has 33 heavy (non-hydrogen) atoms. The summed E-state index contributed by atoms with van der Waals surface area (Å²) >= 11 is 0. The van der Waals surface area contributed by atoms with Crippen LogP contribution < -0.4 is 15.4 Å². The molecule has 7 nitrogen and oxygen atoms in total. The first-order valence-corrected chi connectivity index (χ1v) is 13.5. The Kier molecular flexibility index (Phi) is 8.59. The quantitative estimate of drug-likeness (QED) is 0.499. The van der Waals surface area contributed by atoms with Gasteiger partial charge in [0.25, 0.3) is 5.91 Å². The Bertz CT molecular complexity index is 953. The van der Waals surface area contributed by atoms with Crippen molar-refractivity contribution in [2.75, 3.05) is 38.5 Å². The molecular weight excluding hydrogens is 436 g/mol. The Labute approximate surface area is 199 Å². The number of carbonyl (C=O) groups is 1. The van der Waals surface area contributed by atoms with Crippen LogP contribution in [0.5, 0.6) is 0 Å². The van der Waals surface area contributed by atoms with Crippen LogP contribution in [0.2, 0.25) is 0 Å². The standard InChI is InChI=1S/C25H40N4O3S/c1-25(2,3)28-33(31,32)23-14-21(24(30)27-17-20-11-8-12-29(4)18-20)13-22(15-23)26-16-19-9-6-5-7-10-19/h5-6,13-15,19-20,26,28H,7-12,16-18H2,1-4H3,(H,27,30)/t19-,20+/m1/s1. The van der Waals surface area contributed by atoms with Crippen molar-refractivity contribution in [3.05, 3.63) is 35.9 Å². The van der Waals surface area contributed by atoms with Crippen LogP contribution in [-0.2, 0) is 10.0 Å². The highest BCUT2D eigenvalue weighted by atomic mass is 32.2. The van der Waals surface area contributed by atoms with E-state index in [9.17, 15) is 13.2 Å². The van der Waals surface area contributed by atoms with Crippen molar-refractivity contribution in [1.29, 1.82) is 0 Å². The van der Waals surface area contributed by atoms with E-state index in [1.165, 1.54) is 6.07 Å². The van der Waals surface area contributed by atoms with Gasteiger partial charge in [0.15, 0.2) is 0 Å². The minimum atomic E-state index is -3.77. The maximum absolute atomic E-state index is 13.0. The number of hydrogen-bond acceptors (Lipinski definition) is 5. The first-order valence-electron chi connectivity index (χ1n) is 12.1. The molecule has 1 amide bonds. The molecule has 0 radical (unpaired) electrons. The second-order valence-electron chi connectivity index (χ2n) is 10.6. The van der Waals surface area contributed by atoms with Crippen molar-refractivity contribution in [3.63, 3.8) is 0 Å². The maximum atomic E-state index is 13.0. The summed E-state index contributed by atoms with van der Waals surface area (Å²) in [6.45, 7) is 8.81. The Morgan fingerprint density at radius 3 is 2.55 bits per heavy atom. The molecule has 8 heteroatoms. The normalized spacial score (nSPS) is 22.2. The van der Waals surface area contributed by atoms with Crippen LogP contribution in [0.25, 0.3) is 0 Å². The van der Waals surface area contributed by atoms with Crippen molar-refractivity contribution >= 4 is 21.6 Å². The Balaban J connectivity index is 1.78. The van der Waals surface area contributed by atoms with Crippen LogP contribution in [0.1, 0.15) is 63.2 Å². The molecule has 1 aromatic rings. The smallest absolute Gasteiger partial charge is 0.251 e. The van der Waals surface area contributed by atoms with Gasteiger partial charge in [-0.15, -0.1) is 0 Å². The summed E-state index contributed by atoms with van der Waals surface area (Å²) in [5, 5.41) is 6.41. The molecule has 1 aliphatic carbocycles. The fourth-order valence-corrected chi connectivity index (χ4v) is 6.02. The highest BCUT2D eigenvalue weighted by Gasteiger charge is 2.25. The van der Waals surface area contributed by atoms with Crippen LogP contribution in [-0.4, -0.2) is 58.0 Å². The number of carbonyl (C=O) groups excluding carboxylic acids is 1. The van der Waals surface area contributed by atoms with Gasteiger partial charge in [-0.05, 0) is 96.5 Å². The van der Waals surface area contributed by atoms with Gasteiger partial charge in [0.2, 0.25) is 10.0 Å². The Hall–Kier alpha value is -1.90. The van der Waals surface area contributed by atoms with Gasteiger partial charge in [-0.1, -0.05) is 12.2 Å². The third-order valence-corrected chi connectivity index (χ3v) is 7.90. The van der Waals surface area contributed by atoms with Gasteiger partial charge < -0.3 is 15.5 Å². The SMILES string of the molecule is CN1CCC[C@@H](CNC(=O)c2cc(NC[C@@H]3CC=CCC3)cc(S(=O)(=O)NC(C)(C)C)c2)C1. The summed E-state index contributed by atoms with van der Waals surface area (Å²) in [7, 11) is -1.67. The third kappa shape index (κ3) is 8.12. The highest BCUT2D eigenvalue weighted by Crippen LogP contribution is 2.24. The number of rotatable bonds is 8. The molecule has 0 bridgehead atoms. The molecule has 1 aliphatic heterocycles. The molecule has 0 aromatic heterocycles. The molecule has 1 saturated heterocycles. The maximum Gasteiger partial charge on any atom is 0.251 e. The minimum absolute atomic E-state index is 0.105. The first kappa shape index (κ1) is 25.7. The van der Waals surface area contributed by atoms with Crippen molar-refractivity contribution in [3.8, 4) is 0 Å². The van der Waals surface area contributed by atoms with E-state index in [2.05, 4.69) is 39.5 Å². The fraction of sp³-hybridized carbons (Fsp3) is 0.640. The van der Waals surface area contributed by atoms with Crippen LogP contribution >= 0.6 is 0 Å². The fourth-order valence-electron chi connectivity index (χ4n) is 4.53. The van der Waals surface area contributed by atoms with Gasteiger partial charge >= 0.3 is 0 Å². The number of hydrogen-bond donors (Lipinski definition) is 3. The zero-order valence-corrected chi connectivity index (χ0v) is 21.3. The molecule has 3 rings (SSSR count). The lowest BCUT2D eigenvalue weighted by Gasteiger charge is -2.29. The van der Waals surface area contributed by atoms with Gasteiger partial charge in [0.05, 0.1) is 4.90 Å². The van der Waals surface area contributed by atoms with Gasteiger partial charge in [0, 0.05) is 36.4 Å². The van der Waals surface area contributed by atoms with E-state index < -0.39 is 15.6 Å². The zero-order valence-electron chi connectivity index (χ0n) is 20.5. The number of nitrogens with zero attached hydrogens (tertiary/aromatic N) is 1. The number of sulfonamides is 1. The summed E-state index contributed by atoms with van der Waals surface area (Å²) in [6.07, 6.45) is 9.82. The lowest BCUT2D eigenvalue weighted by atomic mass is 9.94. The summed E-state index contributed by atoms with van der Waals surface area (Å²) in [5.74, 6) is 0.683. The average molecular weight is 477 g/mol. The van der Waals surface area contributed by atoms with E-state index in [4.69, 9.17) is 0 Å². The molecular formula is C25H40N4O3S. The molecule has 1 aromatic carbocycles. The molecule has 2 aliphatic rings. The van der Waals surface area contributed by atoms with Gasteiger partial charge in [-0.2, -0.15) is 0 Å². The number of benzene rings is 1. The predicted octanol–water partition coefficient (Wildman–Crippen LogP) is 3.60. The van der Waals surface area contributed by atoms with E-state index in [0.717, 1.165) is 51.7 Å².